The van der Waals surface area contributed by atoms with Crippen LogP contribution in [0.3, 0.4) is 0 Å². The molecule has 0 atom stereocenters. The van der Waals surface area contributed by atoms with Crippen LogP contribution in [0.5, 0.6) is 0 Å². The highest BCUT2D eigenvalue weighted by atomic mass is 35.5. The summed E-state index contributed by atoms with van der Waals surface area (Å²) in [4.78, 5) is 3.96. The SMILES string of the molecule is Cc1ccnc(Cl)c1NS(=O)(=O)c1ccc(Cl)cc1. The predicted octanol–water partition coefficient (Wildman–Crippen LogP) is 3.50. The lowest BCUT2D eigenvalue weighted by molar-refractivity contribution is 0.601. The molecule has 4 nitrogen and oxygen atoms in total. The van der Waals surface area contributed by atoms with E-state index in [2.05, 4.69) is 9.71 Å². The standard InChI is InChI=1S/C12H10Cl2N2O2S/c1-8-6-7-15-12(14)11(8)16-19(17,18)10-4-2-9(13)3-5-10/h2-7,16H,1H3. The zero-order chi connectivity index (χ0) is 14.0. The molecule has 2 aromatic rings. The fourth-order valence-corrected chi connectivity index (χ4v) is 3.03. The molecule has 0 aliphatic heterocycles. The van der Waals surface area contributed by atoms with Crippen LogP contribution in [0.15, 0.2) is 41.4 Å². The van der Waals surface area contributed by atoms with Crippen molar-refractivity contribution in [3.8, 4) is 0 Å². The van der Waals surface area contributed by atoms with Gasteiger partial charge in [-0.15, -0.1) is 0 Å². The molecule has 100 valence electrons. The van der Waals surface area contributed by atoms with Gasteiger partial charge in [0.15, 0.2) is 5.15 Å². The van der Waals surface area contributed by atoms with Crippen LogP contribution in [0.4, 0.5) is 5.69 Å². The average molecular weight is 317 g/mol. The summed E-state index contributed by atoms with van der Waals surface area (Å²) in [6, 6.07) is 7.53. The number of hydrogen-bond acceptors (Lipinski definition) is 3. The van der Waals surface area contributed by atoms with Crippen molar-refractivity contribution in [1.82, 2.24) is 4.98 Å². The summed E-state index contributed by atoms with van der Waals surface area (Å²) < 4.78 is 26.8. The van der Waals surface area contributed by atoms with Crippen LogP contribution >= 0.6 is 23.2 Å². The molecule has 0 radical (unpaired) electrons. The second kappa shape index (κ2) is 5.36. The molecule has 2 rings (SSSR count). The molecule has 1 N–H and O–H groups in total. The van der Waals surface area contributed by atoms with Crippen molar-refractivity contribution in [2.45, 2.75) is 11.8 Å². The molecule has 1 aromatic heterocycles. The Hall–Kier alpha value is -1.30. The maximum atomic E-state index is 12.2. The van der Waals surface area contributed by atoms with E-state index in [1.165, 1.54) is 30.5 Å². The van der Waals surface area contributed by atoms with Gasteiger partial charge in [0.1, 0.15) is 0 Å². The first-order valence-electron chi connectivity index (χ1n) is 5.29. The van der Waals surface area contributed by atoms with Crippen LogP contribution in [0.2, 0.25) is 10.2 Å². The molecule has 0 saturated carbocycles. The quantitative estimate of drug-likeness (QED) is 0.882. The number of aromatic nitrogens is 1. The van der Waals surface area contributed by atoms with Gasteiger partial charge in [-0.2, -0.15) is 0 Å². The van der Waals surface area contributed by atoms with E-state index in [9.17, 15) is 8.42 Å². The molecule has 0 aliphatic carbocycles. The molecule has 0 bridgehead atoms. The van der Waals surface area contributed by atoms with E-state index in [0.717, 1.165) is 0 Å². The number of halogens is 2. The predicted molar refractivity (Wildman–Crippen MR) is 76.2 cm³/mol. The van der Waals surface area contributed by atoms with Crippen molar-refractivity contribution in [1.29, 1.82) is 0 Å². The zero-order valence-corrected chi connectivity index (χ0v) is 12.2. The third-order valence-electron chi connectivity index (χ3n) is 2.47. The van der Waals surface area contributed by atoms with Crippen LogP contribution in [-0.4, -0.2) is 13.4 Å². The van der Waals surface area contributed by atoms with Crippen molar-refractivity contribution in [2.75, 3.05) is 4.72 Å². The summed E-state index contributed by atoms with van der Waals surface area (Å²) in [7, 11) is -3.71. The first kappa shape index (κ1) is 14.1. The molecule has 0 fully saturated rings. The molecule has 19 heavy (non-hydrogen) atoms. The topological polar surface area (TPSA) is 59.1 Å². The molecule has 7 heteroatoms. The number of aryl methyl sites for hydroxylation is 1. The summed E-state index contributed by atoms with van der Waals surface area (Å²) in [5, 5.41) is 0.576. The van der Waals surface area contributed by atoms with Crippen molar-refractivity contribution in [3.63, 3.8) is 0 Å². The highest BCUT2D eigenvalue weighted by Crippen LogP contribution is 2.26. The van der Waals surface area contributed by atoms with Crippen molar-refractivity contribution < 1.29 is 8.42 Å². The molecule has 0 aliphatic rings. The van der Waals surface area contributed by atoms with Gasteiger partial charge in [0.05, 0.1) is 10.6 Å². The summed E-state index contributed by atoms with van der Waals surface area (Å²) in [5.41, 5.74) is 0.969. The number of nitrogens with zero attached hydrogens (tertiary/aromatic N) is 1. The number of benzene rings is 1. The molecule has 1 heterocycles. The van der Waals surface area contributed by atoms with Gasteiger partial charge in [-0.1, -0.05) is 23.2 Å². The van der Waals surface area contributed by atoms with Crippen LogP contribution in [-0.2, 0) is 10.0 Å². The molecule has 1 aromatic carbocycles. The Kier molecular flexibility index (Phi) is 3.99. The Morgan fingerprint density at radius 1 is 1.11 bits per heavy atom. The van der Waals surface area contributed by atoms with E-state index in [1.54, 1.807) is 13.0 Å². The average Bonchev–Trinajstić information content (AvgIpc) is 2.35. The van der Waals surface area contributed by atoms with Gasteiger partial charge >= 0.3 is 0 Å². The zero-order valence-electron chi connectivity index (χ0n) is 9.89. The number of sulfonamides is 1. The summed E-state index contributed by atoms with van der Waals surface area (Å²) in [6.45, 7) is 1.74. The first-order chi connectivity index (χ1) is 8.90. The number of hydrogen-bond donors (Lipinski definition) is 1. The van der Waals surface area contributed by atoms with Gasteiger partial charge in [0.25, 0.3) is 10.0 Å². The van der Waals surface area contributed by atoms with E-state index in [4.69, 9.17) is 23.2 Å². The minimum absolute atomic E-state index is 0.108. The number of pyridine rings is 1. The van der Waals surface area contributed by atoms with Crippen molar-refractivity contribution in [3.05, 3.63) is 52.3 Å². The minimum Gasteiger partial charge on any atom is -0.276 e. The monoisotopic (exact) mass is 316 g/mol. The van der Waals surface area contributed by atoms with E-state index in [-0.39, 0.29) is 15.7 Å². The number of nitrogens with one attached hydrogen (secondary N) is 1. The van der Waals surface area contributed by atoms with Crippen LogP contribution < -0.4 is 4.72 Å². The minimum atomic E-state index is -3.71. The van der Waals surface area contributed by atoms with Crippen LogP contribution in [0.25, 0.3) is 0 Å². The van der Waals surface area contributed by atoms with Gasteiger partial charge in [-0.3, -0.25) is 4.72 Å². The Morgan fingerprint density at radius 2 is 1.74 bits per heavy atom. The Labute approximate surface area is 121 Å². The summed E-state index contributed by atoms with van der Waals surface area (Å²) >= 11 is 11.6. The number of anilines is 1. The van der Waals surface area contributed by atoms with Gasteiger partial charge in [0, 0.05) is 11.2 Å². The fourth-order valence-electron chi connectivity index (χ4n) is 1.45. The van der Waals surface area contributed by atoms with E-state index in [1.807, 2.05) is 0 Å². The van der Waals surface area contributed by atoms with Crippen molar-refractivity contribution in [2.24, 2.45) is 0 Å². The van der Waals surface area contributed by atoms with Gasteiger partial charge in [0.2, 0.25) is 0 Å². The second-order valence-corrected chi connectivity index (χ2v) is 6.33. The number of rotatable bonds is 3. The lowest BCUT2D eigenvalue weighted by atomic mass is 10.3. The Bertz CT molecular complexity index is 680. The summed E-state index contributed by atoms with van der Waals surface area (Å²) in [5.74, 6) is 0. The van der Waals surface area contributed by atoms with E-state index >= 15 is 0 Å². The lowest BCUT2D eigenvalue weighted by Crippen LogP contribution is -2.14. The second-order valence-electron chi connectivity index (χ2n) is 3.85. The van der Waals surface area contributed by atoms with Crippen LogP contribution in [0, 0.1) is 6.92 Å². The maximum Gasteiger partial charge on any atom is 0.262 e. The maximum absolute atomic E-state index is 12.2. The largest absolute Gasteiger partial charge is 0.276 e. The molecule has 0 spiro atoms. The molecular formula is C12H10Cl2N2O2S. The van der Waals surface area contributed by atoms with Crippen LogP contribution in [0.1, 0.15) is 5.56 Å². The van der Waals surface area contributed by atoms with Gasteiger partial charge in [-0.05, 0) is 42.8 Å². The summed E-state index contributed by atoms with van der Waals surface area (Å²) in [6.07, 6.45) is 1.51. The Balaban J connectivity index is 2.39. The van der Waals surface area contributed by atoms with E-state index < -0.39 is 10.0 Å². The highest BCUT2D eigenvalue weighted by Gasteiger charge is 2.17. The smallest absolute Gasteiger partial charge is 0.262 e. The first-order valence-corrected chi connectivity index (χ1v) is 7.53. The molecule has 0 amide bonds. The van der Waals surface area contributed by atoms with Gasteiger partial charge < -0.3 is 0 Å². The normalized spacial score (nSPS) is 11.3. The molecular weight excluding hydrogens is 307 g/mol. The third kappa shape index (κ3) is 3.18. The van der Waals surface area contributed by atoms with Gasteiger partial charge in [-0.25, -0.2) is 13.4 Å². The van der Waals surface area contributed by atoms with E-state index in [0.29, 0.717) is 10.6 Å². The Morgan fingerprint density at radius 3 is 2.32 bits per heavy atom. The highest BCUT2D eigenvalue weighted by molar-refractivity contribution is 7.92. The third-order valence-corrected chi connectivity index (χ3v) is 4.38. The molecule has 0 unspecified atom stereocenters. The molecule has 0 saturated heterocycles. The lowest BCUT2D eigenvalue weighted by Gasteiger charge is -2.11. The fraction of sp³-hybridized carbons (Fsp3) is 0.0833. The van der Waals surface area contributed by atoms with Crippen molar-refractivity contribution >= 4 is 38.9 Å².